The fourth-order valence-electron chi connectivity index (χ4n) is 3.10. The summed E-state index contributed by atoms with van der Waals surface area (Å²) in [7, 11) is 0. The lowest BCUT2D eigenvalue weighted by Gasteiger charge is -2.33. The molecule has 4 nitrogen and oxygen atoms in total. The fraction of sp³-hybridized carbons (Fsp3) is 0.556. The van der Waals surface area contributed by atoms with Crippen LogP contribution < -0.4 is 5.32 Å². The Morgan fingerprint density at radius 1 is 1.17 bits per heavy atom. The van der Waals surface area contributed by atoms with E-state index in [0.717, 1.165) is 18.4 Å². The van der Waals surface area contributed by atoms with Gasteiger partial charge in [0.05, 0.1) is 0 Å². The van der Waals surface area contributed by atoms with Gasteiger partial charge in [0.1, 0.15) is 0 Å². The van der Waals surface area contributed by atoms with E-state index >= 15 is 0 Å². The molecule has 23 heavy (non-hydrogen) atoms. The Bertz CT molecular complexity index is 524. The second-order valence-corrected chi connectivity index (χ2v) is 6.59. The normalized spacial score (nSPS) is 15.2. The first-order valence-electron chi connectivity index (χ1n) is 8.34. The van der Waals surface area contributed by atoms with Crippen LogP contribution in [0, 0.1) is 0 Å². The lowest BCUT2D eigenvalue weighted by molar-refractivity contribution is -0.132. The number of amides is 2. The number of nitrogens with one attached hydrogen (secondary N) is 1. The van der Waals surface area contributed by atoms with E-state index in [0.29, 0.717) is 30.6 Å². The third-order valence-corrected chi connectivity index (χ3v) is 4.65. The van der Waals surface area contributed by atoms with E-state index < -0.39 is 0 Å². The van der Waals surface area contributed by atoms with Crippen molar-refractivity contribution in [3.63, 3.8) is 0 Å². The molecular weight excluding hydrogens is 312 g/mol. The van der Waals surface area contributed by atoms with Crippen molar-refractivity contribution in [1.29, 1.82) is 0 Å². The molecule has 0 heterocycles. The molecule has 1 N–H and O–H groups in total. The summed E-state index contributed by atoms with van der Waals surface area (Å²) < 4.78 is 0. The van der Waals surface area contributed by atoms with Crippen molar-refractivity contribution in [2.24, 2.45) is 0 Å². The highest BCUT2D eigenvalue weighted by Crippen LogP contribution is 2.22. The maximum atomic E-state index is 12.0. The van der Waals surface area contributed by atoms with E-state index in [-0.39, 0.29) is 11.8 Å². The molecule has 0 aliphatic heterocycles. The zero-order chi connectivity index (χ0) is 16.7. The maximum Gasteiger partial charge on any atom is 0.222 e. The van der Waals surface area contributed by atoms with E-state index in [1.54, 1.807) is 6.92 Å². The van der Waals surface area contributed by atoms with Crippen molar-refractivity contribution in [1.82, 2.24) is 10.2 Å². The molecule has 2 amide bonds. The van der Waals surface area contributed by atoms with E-state index in [9.17, 15) is 9.59 Å². The largest absolute Gasteiger partial charge is 0.352 e. The molecule has 5 heteroatoms. The molecule has 1 fully saturated rings. The first kappa shape index (κ1) is 17.8. The van der Waals surface area contributed by atoms with Crippen molar-refractivity contribution in [2.45, 2.75) is 58.0 Å². The molecular formula is C18H25ClN2O2. The Hall–Kier alpha value is -1.55. The Kier molecular flexibility index (Phi) is 6.90. The van der Waals surface area contributed by atoms with Gasteiger partial charge >= 0.3 is 0 Å². The average molecular weight is 337 g/mol. The monoisotopic (exact) mass is 336 g/mol. The standard InChI is InChI=1S/C18H25ClN2O2/c1-14(22)21(17-5-3-2-4-6-17)12-11-18(23)20-13-15-7-9-16(19)10-8-15/h7-10,17H,2-6,11-13H2,1H3,(H,20,23). The summed E-state index contributed by atoms with van der Waals surface area (Å²) in [4.78, 5) is 25.7. The van der Waals surface area contributed by atoms with E-state index in [1.165, 1.54) is 19.3 Å². The van der Waals surface area contributed by atoms with Crippen LogP contribution in [0.4, 0.5) is 0 Å². The molecule has 0 saturated heterocycles. The molecule has 1 aromatic rings. The van der Waals surface area contributed by atoms with Gasteiger partial charge in [-0.2, -0.15) is 0 Å². The van der Waals surface area contributed by atoms with E-state index in [1.807, 2.05) is 29.2 Å². The zero-order valence-electron chi connectivity index (χ0n) is 13.7. The van der Waals surface area contributed by atoms with Crippen molar-refractivity contribution in [3.05, 3.63) is 34.9 Å². The Balaban J connectivity index is 1.77. The highest BCUT2D eigenvalue weighted by molar-refractivity contribution is 6.30. The number of benzene rings is 1. The first-order valence-corrected chi connectivity index (χ1v) is 8.72. The highest BCUT2D eigenvalue weighted by Gasteiger charge is 2.23. The third kappa shape index (κ3) is 5.87. The molecule has 0 atom stereocenters. The van der Waals surface area contributed by atoms with Crippen LogP contribution in [0.3, 0.4) is 0 Å². The molecule has 0 unspecified atom stereocenters. The number of rotatable bonds is 6. The third-order valence-electron chi connectivity index (χ3n) is 4.40. The molecule has 126 valence electrons. The summed E-state index contributed by atoms with van der Waals surface area (Å²) >= 11 is 5.84. The number of carbonyl (C=O) groups is 2. The summed E-state index contributed by atoms with van der Waals surface area (Å²) in [6, 6.07) is 7.72. The Morgan fingerprint density at radius 3 is 2.43 bits per heavy atom. The SMILES string of the molecule is CC(=O)N(CCC(=O)NCc1ccc(Cl)cc1)C1CCCCC1. The molecule has 1 aliphatic rings. The number of halogens is 1. The van der Waals surface area contributed by atoms with Gasteiger partial charge in [0.25, 0.3) is 0 Å². The quantitative estimate of drug-likeness (QED) is 0.864. The molecule has 0 aromatic heterocycles. The lowest BCUT2D eigenvalue weighted by atomic mass is 9.94. The van der Waals surface area contributed by atoms with Crippen LogP contribution in [0.2, 0.25) is 5.02 Å². The summed E-state index contributed by atoms with van der Waals surface area (Å²) in [6.07, 6.45) is 6.08. The first-order chi connectivity index (χ1) is 11.1. The minimum atomic E-state index is -0.0259. The maximum absolute atomic E-state index is 12.0. The van der Waals surface area contributed by atoms with Crippen molar-refractivity contribution in [2.75, 3.05) is 6.54 Å². The molecule has 2 rings (SSSR count). The number of nitrogens with zero attached hydrogens (tertiary/aromatic N) is 1. The number of hydrogen-bond acceptors (Lipinski definition) is 2. The summed E-state index contributed by atoms with van der Waals surface area (Å²) in [5.74, 6) is 0.0458. The topological polar surface area (TPSA) is 49.4 Å². The van der Waals surface area contributed by atoms with Crippen molar-refractivity contribution < 1.29 is 9.59 Å². The summed E-state index contributed by atoms with van der Waals surface area (Å²) in [6.45, 7) is 2.59. The molecule has 0 bridgehead atoms. The molecule has 1 aliphatic carbocycles. The fourth-order valence-corrected chi connectivity index (χ4v) is 3.23. The van der Waals surface area contributed by atoms with E-state index in [4.69, 9.17) is 11.6 Å². The van der Waals surface area contributed by atoms with Gasteiger partial charge in [0, 0.05) is 37.5 Å². The van der Waals surface area contributed by atoms with Crippen molar-refractivity contribution in [3.8, 4) is 0 Å². The molecule has 0 radical (unpaired) electrons. The second kappa shape index (κ2) is 8.92. The van der Waals surface area contributed by atoms with Crippen LogP contribution in [0.15, 0.2) is 24.3 Å². The average Bonchev–Trinajstić information content (AvgIpc) is 2.55. The molecule has 1 saturated carbocycles. The minimum Gasteiger partial charge on any atom is -0.352 e. The predicted octanol–water partition coefficient (Wildman–Crippen LogP) is 3.53. The van der Waals surface area contributed by atoms with Gasteiger partial charge in [-0.15, -0.1) is 0 Å². The smallest absolute Gasteiger partial charge is 0.222 e. The van der Waals surface area contributed by atoms with Crippen LogP contribution in [-0.4, -0.2) is 29.3 Å². The van der Waals surface area contributed by atoms with Crippen molar-refractivity contribution >= 4 is 23.4 Å². The summed E-state index contributed by atoms with van der Waals surface area (Å²) in [5, 5.41) is 3.58. The van der Waals surface area contributed by atoms with Gasteiger partial charge in [0.15, 0.2) is 0 Å². The van der Waals surface area contributed by atoms with Crippen LogP contribution >= 0.6 is 11.6 Å². The van der Waals surface area contributed by atoms with Crippen LogP contribution in [0.5, 0.6) is 0 Å². The van der Waals surface area contributed by atoms with Gasteiger partial charge in [-0.1, -0.05) is 43.0 Å². The van der Waals surface area contributed by atoms with Crippen LogP contribution in [0.25, 0.3) is 0 Å². The van der Waals surface area contributed by atoms with Gasteiger partial charge in [0.2, 0.25) is 11.8 Å². The van der Waals surface area contributed by atoms with Gasteiger partial charge in [-0.05, 0) is 30.5 Å². The number of carbonyl (C=O) groups excluding carboxylic acids is 2. The minimum absolute atomic E-state index is 0.0259. The van der Waals surface area contributed by atoms with Gasteiger partial charge in [-0.25, -0.2) is 0 Å². The zero-order valence-corrected chi connectivity index (χ0v) is 14.4. The van der Waals surface area contributed by atoms with Gasteiger partial charge in [-0.3, -0.25) is 9.59 Å². The Morgan fingerprint density at radius 2 is 1.83 bits per heavy atom. The molecule has 1 aromatic carbocycles. The number of hydrogen-bond donors (Lipinski definition) is 1. The van der Waals surface area contributed by atoms with Crippen LogP contribution in [-0.2, 0) is 16.1 Å². The van der Waals surface area contributed by atoms with Gasteiger partial charge < -0.3 is 10.2 Å². The highest BCUT2D eigenvalue weighted by atomic mass is 35.5. The van der Waals surface area contributed by atoms with Crippen LogP contribution in [0.1, 0.15) is 51.0 Å². The van der Waals surface area contributed by atoms with E-state index in [2.05, 4.69) is 5.32 Å². The second-order valence-electron chi connectivity index (χ2n) is 6.16. The lowest BCUT2D eigenvalue weighted by Crippen LogP contribution is -2.42. The molecule has 0 spiro atoms. The summed E-state index contributed by atoms with van der Waals surface area (Å²) in [5.41, 5.74) is 1.01. The predicted molar refractivity (Wildman–Crippen MR) is 92.2 cm³/mol. The Labute approximate surface area is 143 Å².